The first kappa shape index (κ1) is 14.6. The van der Waals surface area contributed by atoms with Crippen molar-refractivity contribution in [3.8, 4) is 17.1 Å². The largest absolute Gasteiger partial charge is 0.505 e. The Morgan fingerprint density at radius 3 is 2.40 bits per heavy atom. The van der Waals surface area contributed by atoms with Gasteiger partial charge in [0.05, 0.1) is 18.0 Å². The number of hydrogen-bond donors (Lipinski definition) is 1. The molecule has 1 aromatic carbocycles. The average molecular weight is 300 g/mol. The van der Waals surface area contributed by atoms with Crippen molar-refractivity contribution in [2.75, 3.05) is 5.75 Å². The molecule has 7 heteroatoms. The molecule has 0 saturated heterocycles. The van der Waals surface area contributed by atoms with Crippen LogP contribution in [-0.2, 0) is 6.18 Å². The molecule has 0 fully saturated rings. The van der Waals surface area contributed by atoms with Crippen LogP contribution >= 0.6 is 11.8 Å². The molecule has 1 aromatic heterocycles. The SMILES string of the molecule is CCSc1cc(C(F)(F)F)ccc1-c1ncc(O)cn1. The van der Waals surface area contributed by atoms with Crippen molar-refractivity contribution >= 4 is 11.8 Å². The molecule has 0 aliphatic rings. The Labute approximate surface area is 117 Å². The van der Waals surface area contributed by atoms with Gasteiger partial charge in [-0.1, -0.05) is 6.92 Å². The third-order valence-electron chi connectivity index (χ3n) is 2.49. The first-order chi connectivity index (χ1) is 9.41. The minimum Gasteiger partial charge on any atom is -0.505 e. The second kappa shape index (κ2) is 5.70. The third-order valence-corrected chi connectivity index (χ3v) is 3.43. The van der Waals surface area contributed by atoms with Gasteiger partial charge in [0.15, 0.2) is 11.6 Å². The van der Waals surface area contributed by atoms with E-state index >= 15 is 0 Å². The number of halogens is 3. The number of hydrogen-bond acceptors (Lipinski definition) is 4. The Bertz CT molecular complexity index is 600. The molecule has 1 heterocycles. The molecule has 0 unspecified atom stereocenters. The molecule has 20 heavy (non-hydrogen) atoms. The molecule has 0 saturated carbocycles. The summed E-state index contributed by atoms with van der Waals surface area (Å²) < 4.78 is 38.2. The van der Waals surface area contributed by atoms with E-state index in [4.69, 9.17) is 5.11 Å². The van der Waals surface area contributed by atoms with E-state index in [1.54, 1.807) is 0 Å². The average Bonchev–Trinajstić information content (AvgIpc) is 2.39. The van der Waals surface area contributed by atoms with Crippen molar-refractivity contribution in [3.63, 3.8) is 0 Å². The molecule has 106 valence electrons. The Morgan fingerprint density at radius 2 is 1.85 bits per heavy atom. The fourth-order valence-electron chi connectivity index (χ4n) is 1.62. The number of rotatable bonds is 3. The van der Waals surface area contributed by atoms with Crippen LogP contribution in [0.4, 0.5) is 13.2 Å². The van der Waals surface area contributed by atoms with Crippen LogP contribution < -0.4 is 0 Å². The van der Waals surface area contributed by atoms with Crippen molar-refractivity contribution in [2.24, 2.45) is 0 Å². The third kappa shape index (κ3) is 3.22. The highest BCUT2D eigenvalue weighted by atomic mass is 32.2. The van der Waals surface area contributed by atoms with Crippen molar-refractivity contribution in [2.45, 2.75) is 18.0 Å². The van der Waals surface area contributed by atoms with E-state index in [0.29, 0.717) is 16.2 Å². The van der Waals surface area contributed by atoms with Gasteiger partial charge in [-0.15, -0.1) is 11.8 Å². The fourth-order valence-corrected chi connectivity index (χ4v) is 2.45. The number of nitrogens with zero attached hydrogens (tertiary/aromatic N) is 2. The lowest BCUT2D eigenvalue weighted by Crippen LogP contribution is -2.05. The van der Waals surface area contributed by atoms with E-state index in [1.165, 1.54) is 30.2 Å². The summed E-state index contributed by atoms with van der Waals surface area (Å²) in [5.41, 5.74) is -0.180. The summed E-state index contributed by atoms with van der Waals surface area (Å²) in [6, 6.07) is 3.46. The summed E-state index contributed by atoms with van der Waals surface area (Å²) in [5.74, 6) is 0.824. The van der Waals surface area contributed by atoms with Gasteiger partial charge in [-0.2, -0.15) is 13.2 Å². The zero-order valence-electron chi connectivity index (χ0n) is 10.5. The zero-order valence-corrected chi connectivity index (χ0v) is 11.3. The summed E-state index contributed by atoms with van der Waals surface area (Å²) in [5, 5.41) is 9.15. The van der Waals surface area contributed by atoms with Crippen LogP contribution in [0.25, 0.3) is 11.4 Å². The van der Waals surface area contributed by atoms with Gasteiger partial charge in [0.25, 0.3) is 0 Å². The van der Waals surface area contributed by atoms with Gasteiger partial charge >= 0.3 is 6.18 Å². The predicted molar refractivity (Wildman–Crippen MR) is 70.5 cm³/mol. The topological polar surface area (TPSA) is 46.0 Å². The van der Waals surface area contributed by atoms with Crippen LogP contribution in [0, 0.1) is 0 Å². The summed E-state index contributed by atoms with van der Waals surface area (Å²) in [6.07, 6.45) is -1.96. The highest BCUT2D eigenvalue weighted by Crippen LogP contribution is 2.36. The second-order valence-corrected chi connectivity index (χ2v) is 5.21. The maximum absolute atomic E-state index is 12.7. The first-order valence-electron chi connectivity index (χ1n) is 5.77. The Kier molecular flexibility index (Phi) is 4.17. The molecule has 0 spiro atoms. The maximum atomic E-state index is 12.7. The van der Waals surface area contributed by atoms with Gasteiger partial charge in [0.2, 0.25) is 0 Å². The lowest BCUT2D eigenvalue weighted by molar-refractivity contribution is -0.137. The number of alkyl halides is 3. The minimum absolute atomic E-state index is 0.0923. The molecule has 1 N–H and O–H groups in total. The number of aromatic nitrogens is 2. The monoisotopic (exact) mass is 300 g/mol. The molecule has 0 aliphatic heterocycles. The quantitative estimate of drug-likeness (QED) is 0.871. The maximum Gasteiger partial charge on any atom is 0.416 e. The fraction of sp³-hybridized carbons (Fsp3) is 0.231. The second-order valence-electron chi connectivity index (χ2n) is 3.91. The van der Waals surface area contributed by atoms with Crippen LogP contribution in [0.15, 0.2) is 35.5 Å². The molecular weight excluding hydrogens is 289 g/mol. The lowest BCUT2D eigenvalue weighted by Gasteiger charge is -2.12. The summed E-state index contributed by atoms with van der Waals surface area (Å²) in [6.45, 7) is 1.85. The molecular formula is C13H11F3N2OS. The van der Waals surface area contributed by atoms with Gasteiger partial charge in [-0.25, -0.2) is 9.97 Å². The molecule has 0 aliphatic carbocycles. The smallest absolute Gasteiger partial charge is 0.416 e. The van der Waals surface area contributed by atoms with Gasteiger partial charge < -0.3 is 5.11 Å². The molecule has 0 radical (unpaired) electrons. The standard InChI is InChI=1S/C13H11F3N2OS/c1-2-20-11-5-8(13(14,15)16)3-4-10(11)12-17-6-9(19)7-18-12/h3-7,19H,2H2,1H3. The van der Waals surface area contributed by atoms with Crippen molar-refractivity contribution in [3.05, 3.63) is 36.2 Å². The van der Waals surface area contributed by atoms with E-state index in [9.17, 15) is 13.2 Å². The molecule has 2 aromatic rings. The highest BCUT2D eigenvalue weighted by Gasteiger charge is 2.31. The van der Waals surface area contributed by atoms with Crippen LogP contribution in [0.5, 0.6) is 5.75 Å². The number of benzene rings is 1. The highest BCUT2D eigenvalue weighted by molar-refractivity contribution is 7.99. The Hall–Kier alpha value is -1.76. The molecule has 0 amide bonds. The Balaban J connectivity index is 2.50. The minimum atomic E-state index is -4.38. The zero-order chi connectivity index (χ0) is 14.8. The van der Waals surface area contributed by atoms with E-state index in [1.807, 2.05) is 6.92 Å². The van der Waals surface area contributed by atoms with E-state index in [0.717, 1.165) is 12.1 Å². The summed E-state index contributed by atoms with van der Waals surface area (Å²) in [4.78, 5) is 8.32. The van der Waals surface area contributed by atoms with E-state index in [-0.39, 0.29) is 11.6 Å². The van der Waals surface area contributed by atoms with E-state index in [2.05, 4.69) is 9.97 Å². The van der Waals surface area contributed by atoms with Gasteiger partial charge in [0.1, 0.15) is 0 Å². The van der Waals surface area contributed by atoms with Crippen LogP contribution in [-0.4, -0.2) is 20.8 Å². The van der Waals surface area contributed by atoms with Crippen LogP contribution in [0.3, 0.4) is 0 Å². The molecule has 0 atom stereocenters. The molecule has 3 nitrogen and oxygen atoms in total. The number of thioether (sulfide) groups is 1. The van der Waals surface area contributed by atoms with Crippen LogP contribution in [0.1, 0.15) is 12.5 Å². The summed E-state index contributed by atoms with van der Waals surface area (Å²) >= 11 is 1.29. The number of aromatic hydroxyl groups is 1. The Morgan fingerprint density at radius 1 is 1.20 bits per heavy atom. The molecule has 0 bridgehead atoms. The van der Waals surface area contributed by atoms with Crippen molar-refractivity contribution in [1.29, 1.82) is 0 Å². The van der Waals surface area contributed by atoms with Crippen molar-refractivity contribution < 1.29 is 18.3 Å². The van der Waals surface area contributed by atoms with Gasteiger partial charge in [-0.3, -0.25) is 0 Å². The van der Waals surface area contributed by atoms with Gasteiger partial charge in [0, 0.05) is 10.5 Å². The van der Waals surface area contributed by atoms with Crippen molar-refractivity contribution in [1.82, 2.24) is 9.97 Å². The molecule has 2 rings (SSSR count). The predicted octanol–water partition coefficient (Wildman–Crippen LogP) is 3.98. The first-order valence-corrected chi connectivity index (χ1v) is 6.76. The van der Waals surface area contributed by atoms with Crippen LogP contribution in [0.2, 0.25) is 0 Å². The van der Waals surface area contributed by atoms with Gasteiger partial charge in [-0.05, 0) is 24.0 Å². The summed E-state index contributed by atoms with van der Waals surface area (Å²) in [7, 11) is 0. The van der Waals surface area contributed by atoms with E-state index < -0.39 is 11.7 Å². The normalized spacial score (nSPS) is 11.6. The lowest BCUT2D eigenvalue weighted by atomic mass is 10.1.